The number of fused-ring (bicyclic) bond motifs is 1. The fourth-order valence-electron chi connectivity index (χ4n) is 6.34. The van der Waals surface area contributed by atoms with Crippen LogP contribution in [0, 0.1) is 20.8 Å². The fraction of sp³-hybridized carbons (Fsp3) is 0.500. The Kier molecular flexibility index (Phi) is 7.16. The zero-order valence-corrected chi connectivity index (χ0v) is 26.1. The first-order valence-electron chi connectivity index (χ1n) is 14.3. The predicted molar refractivity (Wildman–Crippen MR) is 163 cm³/mol. The summed E-state index contributed by atoms with van der Waals surface area (Å²) in [5.74, 6) is 2.10. The van der Waals surface area contributed by atoms with Crippen LogP contribution in [0.5, 0.6) is 17.2 Å². The zero-order valence-electron chi connectivity index (χ0n) is 26.1. The van der Waals surface area contributed by atoms with E-state index in [0.29, 0.717) is 11.5 Å². The molecule has 2 atom stereocenters. The van der Waals surface area contributed by atoms with Crippen molar-refractivity contribution in [2.24, 2.45) is 0 Å². The Morgan fingerprint density at radius 1 is 0.692 bits per heavy atom. The maximum atomic E-state index is 10.9. The number of benzene rings is 3. The number of rotatable bonds is 5. The van der Waals surface area contributed by atoms with Crippen LogP contribution < -0.4 is 4.74 Å². The Labute approximate surface area is 236 Å². The van der Waals surface area contributed by atoms with Gasteiger partial charge in [-0.15, -0.1) is 0 Å². The van der Waals surface area contributed by atoms with E-state index in [0.717, 1.165) is 34.4 Å². The van der Waals surface area contributed by atoms with Crippen molar-refractivity contribution >= 4 is 0 Å². The molecule has 39 heavy (non-hydrogen) atoms. The Hall–Kier alpha value is -2.94. The second kappa shape index (κ2) is 9.61. The van der Waals surface area contributed by atoms with Crippen LogP contribution in [-0.2, 0) is 16.4 Å². The molecular weight excluding hydrogens is 480 g/mol. The highest BCUT2D eigenvalue weighted by molar-refractivity contribution is 5.56. The van der Waals surface area contributed by atoms with Crippen molar-refractivity contribution in [2.75, 3.05) is 0 Å². The van der Waals surface area contributed by atoms with Gasteiger partial charge in [-0.2, -0.15) is 0 Å². The summed E-state index contributed by atoms with van der Waals surface area (Å²) in [4.78, 5) is 0. The van der Waals surface area contributed by atoms with Crippen LogP contribution in [0.2, 0.25) is 0 Å². The Balaban J connectivity index is 1.90. The molecule has 0 spiro atoms. The third-order valence-corrected chi connectivity index (χ3v) is 8.64. The van der Waals surface area contributed by atoms with Gasteiger partial charge in [-0.05, 0) is 127 Å². The lowest BCUT2D eigenvalue weighted by molar-refractivity contribution is 0.0515. The lowest BCUT2D eigenvalue weighted by atomic mass is 9.74. The first-order chi connectivity index (χ1) is 17.8. The summed E-state index contributed by atoms with van der Waals surface area (Å²) in [6.45, 7) is 25.9. The number of ether oxygens (including phenoxy) is 1. The summed E-state index contributed by atoms with van der Waals surface area (Å²) in [5.41, 5.74) is 9.91. The highest BCUT2D eigenvalue weighted by atomic mass is 16.5. The van der Waals surface area contributed by atoms with Crippen LogP contribution >= 0.6 is 0 Å². The molecule has 3 aromatic rings. The van der Waals surface area contributed by atoms with Crippen LogP contribution in [0.3, 0.4) is 0 Å². The van der Waals surface area contributed by atoms with Gasteiger partial charge in [0.05, 0.1) is 0 Å². The maximum absolute atomic E-state index is 10.9. The van der Waals surface area contributed by atoms with E-state index in [-0.39, 0.29) is 28.3 Å². The summed E-state index contributed by atoms with van der Waals surface area (Å²) in [5, 5.41) is 21.7. The van der Waals surface area contributed by atoms with Gasteiger partial charge in [0.2, 0.25) is 0 Å². The van der Waals surface area contributed by atoms with E-state index in [1.54, 1.807) is 0 Å². The van der Waals surface area contributed by atoms with Gasteiger partial charge in [0.15, 0.2) is 0 Å². The molecule has 3 heteroatoms. The third-order valence-electron chi connectivity index (χ3n) is 8.64. The van der Waals surface area contributed by atoms with Crippen molar-refractivity contribution in [3.8, 4) is 17.2 Å². The van der Waals surface area contributed by atoms with Crippen molar-refractivity contribution < 1.29 is 14.9 Å². The molecule has 3 aromatic carbocycles. The molecule has 1 aliphatic heterocycles. The van der Waals surface area contributed by atoms with E-state index < -0.39 is 0 Å². The summed E-state index contributed by atoms with van der Waals surface area (Å²) in [6, 6.07) is 12.9. The molecule has 0 fully saturated rings. The molecule has 2 N–H and O–H groups in total. The van der Waals surface area contributed by atoms with Crippen LogP contribution in [0.4, 0.5) is 0 Å². The molecule has 0 saturated heterocycles. The third kappa shape index (κ3) is 5.42. The molecule has 2 unspecified atom stereocenters. The maximum Gasteiger partial charge on any atom is 0.132 e. The van der Waals surface area contributed by atoms with Crippen LogP contribution in [0.25, 0.3) is 0 Å². The quantitative estimate of drug-likeness (QED) is 0.347. The van der Waals surface area contributed by atoms with Gasteiger partial charge in [-0.25, -0.2) is 0 Å². The van der Waals surface area contributed by atoms with Crippen LogP contribution in [-0.4, -0.2) is 10.2 Å². The molecule has 0 amide bonds. The van der Waals surface area contributed by atoms with Gasteiger partial charge in [-0.1, -0.05) is 60.6 Å². The number of phenolic OH excluding ortho intramolecular Hbond substituents is 2. The van der Waals surface area contributed by atoms with Crippen molar-refractivity contribution in [1.29, 1.82) is 0 Å². The second-order valence-electron chi connectivity index (χ2n) is 14.5. The summed E-state index contributed by atoms with van der Waals surface area (Å²) in [7, 11) is 0. The molecule has 0 aromatic heterocycles. The number of hydrogen-bond acceptors (Lipinski definition) is 3. The monoisotopic (exact) mass is 528 g/mol. The summed E-state index contributed by atoms with van der Waals surface area (Å²) < 4.78 is 6.06. The molecule has 1 heterocycles. The first-order valence-corrected chi connectivity index (χ1v) is 14.3. The predicted octanol–water partition coefficient (Wildman–Crippen LogP) is 9.57. The molecule has 1 aliphatic rings. The molecule has 0 radical (unpaired) electrons. The van der Waals surface area contributed by atoms with Gasteiger partial charge in [0, 0.05) is 11.5 Å². The SMILES string of the molecule is Cc1cc(O)c(C(C)(C)C)cc1C(C)CC(c1cc(C(C)(C)C)c(O)cc1C)c1cc2c(cc1C)OC2(C)C. The lowest BCUT2D eigenvalue weighted by Gasteiger charge is -2.40. The van der Waals surface area contributed by atoms with Gasteiger partial charge in [0.1, 0.15) is 22.8 Å². The van der Waals surface area contributed by atoms with Crippen molar-refractivity contribution in [3.63, 3.8) is 0 Å². The smallest absolute Gasteiger partial charge is 0.132 e. The van der Waals surface area contributed by atoms with Crippen LogP contribution in [0.1, 0.15) is 131 Å². The number of aromatic hydroxyl groups is 2. The molecule has 3 nitrogen and oxygen atoms in total. The molecular formula is C36H48O3. The minimum Gasteiger partial charge on any atom is -0.508 e. The number of aryl methyl sites for hydroxylation is 3. The zero-order chi connectivity index (χ0) is 29.2. The van der Waals surface area contributed by atoms with E-state index in [9.17, 15) is 10.2 Å². The topological polar surface area (TPSA) is 49.7 Å². The van der Waals surface area contributed by atoms with E-state index >= 15 is 0 Å². The van der Waals surface area contributed by atoms with Crippen LogP contribution in [0.15, 0.2) is 36.4 Å². The van der Waals surface area contributed by atoms with Crippen molar-refractivity contribution in [3.05, 3.63) is 86.5 Å². The molecule has 0 aliphatic carbocycles. The fourth-order valence-corrected chi connectivity index (χ4v) is 6.34. The molecule has 210 valence electrons. The Morgan fingerprint density at radius 3 is 1.62 bits per heavy atom. The van der Waals surface area contributed by atoms with E-state index in [1.807, 2.05) is 12.1 Å². The Bertz CT molecular complexity index is 1410. The lowest BCUT2D eigenvalue weighted by Crippen LogP contribution is -2.35. The normalized spacial score (nSPS) is 16.2. The molecule has 0 bridgehead atoms. The number of hydrogen-bond donors (Lipinski definition) is 2. The van der Waals surface area contributed by atoms with Gasteiger partial charge < -0.3 is 14.9 Å². The average molecular weight is 529 g/mol. The van der Waals surface area contributed by atoms with E-state index in [4.69, 9.17) is 4.74 Å². The standard InChI is InChI=1S/C36H48O3/c1-20(24-17-28(34(5,6)7)31(37)14-21(24)2)13-27(25-18-29(35(8,9)10)32(38)15-22(25)3)26-19-30-33(16-23(26)4)39-36(30,11)12/h14-20,27,37-38H,13H2,1-12H3. The second-order valence-corrected chi connectivity index (χ2v) is 14.5. The largest absolute Gasteiger partial charge is 0.508 e. The van der Waals surface area contributed by atoms with Crippen molar-refractivity contribution in [1.82, 2.24) is 0 Å². The summed E-state index contributed by atoms with van der Waals surface area (Å²) >= 11 is 0. The van der Waals surface area contributed by atoms with Crippen molar-refractivity contribution in [2.45, 2.75) is 118 Å². The first kappa shape index (κ1) is 29.1. The Morgan fingerprint density at radius 2 is 1.13 bits per heavy atom. The molecule has 4 rings (SSSR count). The number of phenols is 2. The van der Waals surface area contributed by atoms with E-state index in [1.165, 1.54) is 27.8 Å². The highest BCUT2D eigenvalue weighted by Crippen LogP contribution is 2.49. The van der Waals surface area contributed by atoms with E-state index in [2.05, 4.69) is 107 Å². The van der Waals surface area contributed by atoms with Gasteiger partial charge in [0.25, 0.3) is 0 Å². The minimum absolute atomic E-state index is 0.134. The average Bonchev–Trinajstić information content (AvgIpc) is 2.75. The highest BCUT2D eigenvalue weighted by Gasteiger charge is 2.38. The summed E-state index contributed by atoms with van der Waals surface area (Å²) in [6.07, 6.45) is 0.908. The van der Waals surface area contributed by atoms with Gasteiger partial charge >= 0.3 is 0 Å². The van der Waals surface area contributed by atoms with Gasteiger partial charge in [-0.3, -0.25) is 0 Å². The molecule has 0 saturated carbocycles. The minimum atomic E-state index is -0.288.